The van der Waals surface area contributed by atoms with E-state index in [1.54, 1.807) is 0 Å². The van der Waals surface area contributed by atoms with Crippen LogP contribution in [0.5, 0.6) is 0 Å². The number of hydrogen-bond acceptors (Lipinski definition) is 6. The third-order valence-electron chi connectivity index (χ3n) is 7.43. The van der Waals surface area contributed by atoms with Crippen LogP contribution in [0.4, 0.5) is 0 Å². The normalized spacial score (nSPS) is 12.6. The Morgan fingerprint density at radius 1 is 0.512 bits per heavy atom. The Kier molecular flexibility index (Phi) is 43.8. The number of carboxylic acid groups (broad SMARTS) is 2. The number of aliphatic hydroxyl groups excluding tert-OH is 2. The second kappa shape index (κ2) is 39.8. The largest absolute Gasteiger partial charge is 2.00 e. The quantitative estimate of drug-likeness (QED) is 0.0474. The van der Waals surface area contributed by atoms with Crippen molar-refractivity contribution in [3.63, 3.8) is 0 Å². The van der Waals surface area contributed by atoms with Crippen molar-refractivity contribution >= 4 is 57.4 Å². The Labute approximate surface area is 302 Å². The SMILES string of the molecule is CCCCCC[C@@H](O)C/C=C/CCCCCCCC(=O)[O-].CCCCCC[C@@H](O)C/C=C/CCCCCCCC(=O)[O-].[Sr+2]. The maximum Gasteiger partial charge on any atom is 2.00 e. The molecule has 43 heavy (non-hydrogen) atoms. The third kappa shape index (κ3) is 46.4. The number of hydrogen-bond donors (Lipinski definition) is 2. The number of carbonyl (C=O) groups is 2. The van der Waals surface area contributed by atoms with Gasteiger partial charge in [0.15, 0.2) is 0 Å². The minimum atomic E-state index is -0.939. The van der Waals surface area contributed by atoms with E-state index in [1.165, 1.54) is 38.5 Å². The van der Waals surface area contributed by atoms with E-state index >= 15 is 0 Å². The van der Waals surface area contributed by atoms with Gasteiger partial charge in [0, 0.05) is 11.9 Å². The van der Waals surface area contributed by atoms with Gasteiger partial charge >= 0.3 is 45.5 Å². The fourth-order valence-corrected chi connectivity index (χ4v) is 4.72. The van der Waals surface area contributed by atoms with Gasteiger partial charge in [-0.05, 0) is 77.0 Å². The first kappa shape index (κ1) is 47.2. The molecule has 0 aliphatic rings. The predicted molar refractivity (Wildman–Crippen MR) is 177 cm³/mol. The summed E-state index contributed by atoms with van der Waals surface area (Å²) in [5.41, 5.74) is 0. The van der Waals surface area contributed by atoms with Crippen LogP contribution < -0.4 is 10.2 Å². The summed E-state index contributed by atoms with van der Waals surface area (Å²) < 4.78 is 0. The zero-order valence-corrected chi connectivity index (χ0v) is 31.6. The van der Waals surface area contributed by atoms with Crippen molar-refractivity contribution in [3.05, 3.63) is 24.3 Å². The van der Waals surface area contributed by atoms with Gasteiger partial charge in [-0.2, -0.15) is 0 Å². The molecule has 0 amide bonds. The van der Waals surface area contributed by atoms with Gasteiger partial charge < -0.3 is 30.0 Å². The zero-order chi connectivity index (χ0) is 31.5. The van der Waals surface area contributed by atoms with Crippen LogP contribution in [0.25, 0.3) is 0 Å². The summed E-state index contributed by atoms with van der Waals surface area (Å²) in [5, 5.41) is 40.0. The summed E-state index contributed by atoms with van der Waals surface area (Å²) >= 11 is 0. The molecule has 0 aliphatic heterocycles. The van der Waals surface area contributed by atoms with E-state index in [9.17, 15) is 30.0 Å². The second-order valence-electron chi connectivity index (χ2n) is 11.8. The molecule has 0 radical (unpaired) electrons. The number of aliphatic hydroxyl groups is 2. The molecule has 0 bridgehead atoms. The van der Waals surface area contributed by atoms with Crippen molar-refractivity contribution in [1.82, 2.24) is 0 Å². The standard InChI is InChI=1S/2C18H34O3.Sr/c2*1-2-3-4-11-14-17(19)15-12-9-7-5-6-8-10-13-16-18(20)21;/h2*9,12,17,19H,2-8,10-11,13-16H2,1H3,(H,20,21);/q;;+2/p-2/b2*12-9+;/t2*17-;/m11./s1. The van der Waals surface area contributed by atoms with Gasteiger partial charge in [-0.3, -0.25) is 0 Å². The van der Waals surface area contributed by atoms with Crippen molar-refractivity contribution in [2.24, 2.45) is 0 Å². The number of carboxylic acids is 2. The molecule has 0 aromatic carbocycles. The van der Waals surface area contributed by atoms with Crippen molar-refractivity contribution in [2.45, 2.75) is 193 Å². The van der Waals surface area contributed by atoms with Crippen molar-refractivity contribution in [3.8, 4) is 0 Å². The smallest absolute Gasteiger partial charge is 0.550 e. The van der Waals surface area contributed by atoms with Crippen LogP contribution in [0.15, 0.2) is 24.3 Å². The maximum atomic E-state index is 10.2. The van der Waals surface area contributed by atoms with Gasteiger partial charge in [0.05, 0.1) is 12.2 Å². The minimum absolute atomic E-state index is 0. The number of rotatable bonds is 30. The van der Waals surface area contributed by atoms with Crippen LogP contribution >= 0.6 is 0 Å². The molecule has 0 heterocycles. The number of unbranched alkanes of at least 4 members (excludes halogenated alkanes) is 16. The molecular formula is C36H66O6Sr. The van der Waals surface area contributed by atoms with Gasteiger partial charge in [-0.25, -0.2) is 0 Å². The minimum Gasteiger partial charge on any atom is -0.550 e. The fourth-order valence-electron chi connectivity index (χ4n) is 4.72. The van der Waals surface area contributed by atoms with E-state index in [0.717, 1.165) is 116 Å². The maximum absolute atomic E-state index is 10.2. The third-order valence-corrected chi connectivity index (χ3v) is 7.43. The average Bonchev–Trinajstić information content (AvgIpc) is 2.95. The molecule has 248 valence electrons. The molecule has 6 nitrogen and oxygen atoms in total. The zero-order valence-electron chi connectivity index (χ0n) is 28.1. The summed E-state index contributed by atoms with van der Waals surface area (Å²) in [5.74, 6) is -1.88. The molecule has 0 unspecified atom stereocenters. The molecule has 7 heteroatoms. The van der Waals surface area contributed by atoms with Crippen molar-refractivity contribution in [2.75, 3.05) is 0 Å². The average molecular weight is 683 g/mol. The first-order valence-corrected chi connectivity index (χ1v) is 17.4. The number of allylic oxidation sites excluding steroid dienone is 2. The molecule has 2 atom stereocenters. The molecule has 0 saturated heterocycles. The van der Waals surface area contributed by atoms with Gasteiger partial charge in [-0.1, -0.05) is 128 Å². The Morgan fingerprint density at radius 2 is 0.837 bits per heavy atom. The van der Waals surface area contributed by atoms with E-state index < -0.39 is 11.9 Å². The van der Waals surface area contributed by atoms with E-state index in [4.69, 9.17) is 0 Å². The monoisotopic (exact) mass is 682 g/mol. The predicted octanol–water partition coefficient (Wildman–Crippen LogP) is 7.11. The molecule has 0 aromatic rings. The van der Waals surface area contributed by atoms with Gasteiger partial charge in [0.1, 0.15) is 0 Å². The second-order valence-corrected chi connectivity index (χ2v) is 11.8. The summed E-state index contributed by atoms with van der Waals surface area (Å²) in [6, 6.07) is 0. The summed E-state index contributed by atoms with van der Waals surface area (Å²) in [7, 11) is 0. The van der Waals surface area contributed by atoms with Gasteiger partial charge in [-0.15, -0.1) is 0 Å². The summed E-state index contributed by atoms with van der Waals surface area (Å²) in [6.45, 7) is 4.39. The Hall–Kier alpha value is -0.179. The van der Waals surface area contributed by atoms with Crippen LogP contribution in [-0.2, 0) is 9.59 Å². The van der Waals surface area contributed by atoms with E-state index in [1.807, 2.05) is 0 Å². The number of aliphatic carboxylic acids is 2. The molecule has 0 fully saturated rings. The van der Waals surface area contributed by atoms with Crippen LogP contribution in [0, 0.1) is 0 Å². The molecule has 0 saturated carbocycles. The number of carbonyl (C=O) groups excluding carboxylic acids is 2. The van der Waals surface area contributed by atoms with E-state index in [2.05, 4.69) is 38.2 Å². The molecule has 0 aliphatic carbocycles. The van der Waals surface area contributed by atoms with E-state index in [0.29, 0.717) is 0 Å². The molecule has 0 rings (SSSR count). The van der Waals surface area contributed by atoms with Crippen LogP contribution in [0.3, 0.4) is 0 Å². The topological polar surface area (TPSA) is 121 Å². The molecular weight excluding hydrogens is 616 g/mol. The van der Waals surface area contributed by atoms with Crippen molar-refractivity contribution < 1.29 is 30.0 Å². The first-order valence-electron chi connectivity index (χ1n) is 17.4. The first-order chi connectivity index (χ1) is 20.3. The molecule has 0 aromatic heterocycles. The Bertz CT molecular complexity index is 583. The summed E-state index contributed by atoms with van der Waals surface area (Å²) in [6.07, 6.45) is 34.0. The van der Waals surface area contributed by atoms with Crippen molar-refractivity contribution in [1.29, 1.82) is 0 Å². The van der Waals surface area contributed by atoms with Gasteiger partial charge in [0.2, 0.25) is 0 Å². The van der Waals surface area contributed by atoms with Crippen LogP contribution in [-0.4, -0.2) is 79.8 Å². The van der Waals surface area contributed by atoms with Gasteiger partial charge in [0.25, 0.3) is 0 Å². The molecule has 0 spiro atoms. The Morgan fingerprint density at radius 3 is 1.19 bits per heavy atom. The fraction of sp³-hybridized carbons (Fsp3) is 0.833. The van der Waals surface area contributed by atoms with Crippen LogP contribution in [0.2, 0.25) is 0 Å². The Balaban J connectivity index is -0.000000727. The summed E-state index contributed by atoms with van der Waals surface area (Å²) in [4.78, 5) is 20.4. The molecule has 2 N–H and O–H groups in total. The van der Waals surface area contributed by atoms with E-state index in [-0.39, 0.29) is 70.5 Å². The van der Waals surface area contributed by atoms with Crippen LogP contribution in [0.1, 0.15) is 181 Å².